The number of piperidine rings is 1. The number of cyclic esters (lactones) is 1. The van der Waals surface area contributed by atoms with Gasteiger partial charge >= 0.3 is 18.2 Å². The van der Waals surface area contributed by atoms with E-state index in [4.69, 9.17) is 19.9 Å². The molecule has 3 saturated heterocycles. The van der Waals surface area contributed by atoms with Crippen molar-refractivity contribution in [2.45, 2.75) is 44.6 Å². The lowest BCUT2D eigenvalue weighted by molar-refractivity contribution is -0.151. The van der Waals surface area contributed by atoms with E-state index in [1.807, 2.05) is 44.3 Å². The Labute approximate surface area is 258 Å². The predicted octanol–water partition coefficient (Wildman–Crippen LogP) is 2.70. The second kappa shape index (κ2) is 14.7. The number of amidine groups is 1. The molecule has 2 amide bonds. The zero-order valence-corrected chi connectivity index (χ0v) is 25.5. The zero-order chi connectivity index (χ0) is 31.1. The molecule has 3 fully saturated rings. The topological polar surface area (TPSA) is 130 Å². The number of ether oxygens (including phenoxy) is 3. The van der Waals surface area contributed by atoms with Gasteiger partial charge in [0.2, 0.25) is 0 Å². The molecule has 0 bridgehead atoms. The highest BCUT2D eigenvalue weighted by molar-refractivity contribution is 6.03. The smallest absolute Gasteiger partial charge is 0.435 e. The number of likely N-dealkylation sites (tertiary alicyclic amines) is 1. The molecule has 2 unspecified atom stereocenters. The molecule has 2 atom stereocenters. The van der Waals surface area contributed by atoms with E-state index in [-0.39, 0.29) is 36.7 Å². The number of benzene rings is 2. The molecule has 3 aliphatic rings. The molecule has 2 N–H and O–H groups in total. The molecule has 2 aromatic rings. The van der Waals surface area contributed by atoms with E-state index in [0.29, 0.717) is 24.3 Å². The van der Waals surface area contributed by atoms with Crippen molar-refractivity contribution in [3.8, 4) is 0 Å². The van der Waals surface area contributed by atoms with Gasteiger partial charge in [0, 0.05) is 57.1 Å². The maximum absolute atomic E-state index is 12.7. The summed E-state index contributed by atoms with van der Waals surface area (Å²) in [7, 11) is 2.04. The number of piperazine rings is 1. The van der Waals surface area contributed by atoms with E-state index in [2.05, 4.69) is 19.7 Å². The SMILES string of the molecule is CC(C(=O)OCc1ccccc1)N1CCN(CC2CN(c3ccc(C(N)=NC(=O)OC4CCN(C)CC4)cc3)C(=O)O2)CC1. The Morgan fingerprint density at radius 2 is 1.68 bits per heavy atom. The number of amides is 2. The third kappa shape index (κ3) is 8.34. The molecular formula is C32H42N6O6. The molecule has 0 aromatic heterocycles. The summed E-state index contributed by atoms with van der Waals surface area (Å²) in [4.78, 5) is 49.6. The van der Waals surface area contributed by atoms with Gasteiger partial charge in [-0.25, -0.2) is 9.59 Å². The Hall–Kier alpha value is -4.00. The molecule has 236 valence electrons. The van der Waals surface area contributed by atoms with Crippen LogP contribution in [0.25, 0.3) is 0 Å². The highest BCUT2D eigenvalue weighted by atomic mass is 16.6. The molecule has 0 saturated carbocycles. The van der Waals surface area contributed by atoms with Crippen molar-refractivity contribution in [1.29, 1.82) is 0 Å². The van der Waals surface area contributed by atoms with Crippen LogP contribution in [0.3, 0.4) is 0 Å². The summed E-state index contributed by atoms with van der Waals surface area (Å²) < 4.78 is 16.6. The average Bonchev–Trinajstić information content (AvgIpc) is 3.40. The molecule has 44 heavy (non-hydrogen) atoms. The van der Waals surface area contributed by atoms with Crippen LogP contribution in [0.15, 0.2) is 59.6 Å². The lowest BCUT2D eigenvalue weighted by Gasteiger charge is -2.37. The van der Waals surface area contributed by atoms with Crippen molar-refractivity contribution in [3.05, 3.63) is 65.7 Å². The normalized spacial score (nSPS) is 21.6. The quantitative estimate of drug-likeness (QED) is 0.197. The maximum Gasteiger partial charge on any atom is 0.435 e. The van der Waals surface area contributed by atoms with Crippen LogP contribution in [0.1, 0.15) is 30.9 Å². The molecule has 3 aliphatic heterocycles. The van der Waals surface area contributed by atoms with Gasteiger partial charge in [0.15, 0.2) is 0 Å². The van der Waals surface area contributed by atoms with Crippen LogP contribution < -0.4 is 10.6 Å². The number of aliphatic imine (C=N–C) groups is 1. The van der Waals surface area contributed by atoms with Gasteiger partial charge in [0.1, 0.15) is 30.7 Å². The fourth-order valence-corrected chi connectivity index (χ4v) is 5.69. The first kappa shape index (κ1) is 31.4. The van der Waals surface area contributed by atoms with Crippen LogP contribution in [0.4, 0.5) is 15.3 Å². The van der Waals surface area contributed by atoms with Crippen molar-refractivity contribution < 1.29 is 28.6 Å². The number of carbonyl (C=O) groups excluding carboxylic acids is 3. The molecule has 0 radical (unpaired) electrons. The third-order valence-corrected chi connectivity index (χ3v) is 8.48. The van der Waals surface area contributed by atoms with Crippen LogP contribution in [0, 0.1) is 0 Å². The van der Waals surface area contributed by atoms with E-state index < -0.39 is 12.2 Å². The molecule has 12 nitrogen and oxygen atoms in total. The second-order valence-corrected chi connectivity index (χ2v) is 11.7. The molecule has 0 spiro atoms. The van der Waals surface area contributed by atoms with Gasteiger partial charge in [-0.2, -0.15) is 4.99 Å². The highest BCUT2D eigenvalue weighted by Gasteiger charge is 2.35. The third-order valence-electron chi connectivity index (χ3n) is 8.48. The van der Waals surface area contributed by atoms with Gasteiger partial charge in [0.25, 0.3) is 0 Å². The van der Waals surface area contributed by atoms with Crippen LogP contribution in [0.5, 0.6) is 0 Å². The van der Waals surface area contributed by atoms with Gasteiger partial charge in [-0.15, -0.1) is 0 Å². The molecule has 3 heterocycles. The Morgan fingerprint density at radius 3 is 2.36 bits per heavy atom. The minimum atomic E-state index is -0.689. The molecule has 5 rings (SSSR count). The molecule has 12 heteroatoms. The van der Waals surface area contributed by atoms with E-state index >= 15 is 0 Å². The van der Waals surface area contributed by atoms with Crippen LogP contribution >= 0.6 is 0 Å². The number of esters is 1. The summed E-state index contributed by atoms with van der Waals surface area (Å²) in [5, 5.41) is 0. The molecule has 2 aromatic carbocycles. The average molecular weight is 607 g/mol. The largest absolute Gasteiger partial charge is 0.460 e. The van der Waals surface area contributed by atoms with Gasteiger partial charge < -0.3 is 24.8 Å². The summed E-state index contributed by atoms with van der Waals surface area (Å²) in [6, 6.07) is 16.3. The summed E-state index contributed by atoms with van der Waals surface area (Å²) in [6.07, 6.45) is 0.0440. The van der Waals surface area contributed by atoms with E-state index in [1.54, 1.807) is 29.2 Å². The fourth-order valence-electron chi connectivity index (χ4n) is 5.69. The summed E-state index contributed by atoms with van der Waals surface area (Å²) in [5.74, 6) is -0.163. The standard InChI is InChI=1S/C32H42N6O6/c1-23(30(39)42-22-24-6-4-3-5-7-24)37-18-16-36(17-19-37)20-28-21-38(32(41)44-28)26-10-8-25(9-11-26)29(33)34-31(40)43-27-12-14-35(2)15-13-27/h3-11,23,27-28H,12-22H2,1-2H3,(H2,33,34,40). The summed E-state index contributed by atoms with van der Waals surface area (Å²) >= 11 is 0. The minimum Gasteiger partial charge on any atom is -0.460 e. The van der Waals surface area contributed by atoms with Gasteiger partial charge in [-0.05, 0) is 56.6 Å². The number of nitrogens with zero attached hydrogens (tertiary/aromatic N) is 5. The first-order valence-electron chi connectivity index (χ1n) is 15.2. The Kier molecular flexibility index (Phi) is 10.5. The van der Waals surface area contributed by atoms with E-state index in [9.17, 15) is 14.4 Å². The Bertz CT molecular complexity index is 1310. The second-order valence-electron chi connectivity index (χ2n) is 11.7. The number of nitrogens with two attached hydrogens (primary N) is 1. The summed E-state index contributed by atoms with van der Waals surface area (Å²) in [6.45, 7) is 7.91. The Balaban J connectivity index is 1.05. The summed E-state index contributed by atoms with van der Waals surface area (Å²) in [5.41, 5.74) is 8.27. The first-order valence-corrected chi connectivity index (χ1v) is 15.2. The van der Waals surface area contributed by atoms with E-state index in [0.717, 1.165) is 57.7 Å². The van der Waals surface area contributed by atoms with Crippen LogP contribution in [0.2, 0.25) is 0 Å². The van der Waals surface area contributed by atoms with Crippen molar-refractivity contribution in [1.82, 2.24) is 14.7 Å². The maximum atomic E-state index is 12.7. The molecule has 0 aliphatic carbocycles. The van der Waals surface area contributed by atoms with Crippen molar-refractivity contribution in [3.63, 3.8) is 0 Å². The zero-order valence-electron chi connectivity index (χ0n) is 25.5. The lowest BCUT2D eigenvalue weighted by atomic mass is 10.1. The number of anilines is 1. The highest BCUT2D eigenvalue weighted by Crippen LogP contribution is 2.23. The van der Waals surface area contributed by atoms with Gasteiger partial charge in [0.05, 0.1) is 6.54 Å². The van der Waals surface area contributed by atoms with Crippen molar-refractivity contribution in [2.24, 2.45) is 10.7 Å². The predicted molar refractivity (Wildman–Crippen MR) is 165 cm³/mol. The van der Waals surface area contributed by atoms with Gasteiger partial charge in [-0.3, -0.25) is 19.5 Å². The molecular weight excluding hydrogens is 564 g/mol. The van der Waals surface area contributed by atoms with E-state index in [1.165, 1.54) is 0 Å². The van der Waals surface area contributed by atoms with Gasteiger partial charge in [-0.1, -0.05) is 30.3 Å². The minimum absolute atomic E-state index is 0.0641. The number of carbonyl (C=O) groups is 3. The number of hydrogen-bond acceptors (Lipinski definition) is 9. The lowest BCUT2D eigenvalue weighted by Crippen LogP contribution is -2.53. The Morgan fingerprint density at radius 1 is 1.00 bits per heavy atom. The van der Waals surface area contributed by atoms with Crippen molar-refractivity contribution in [2.75, 3.05) is 64.3 Å². The number of rotatable bonds is 9. The monoisotopic (exact) mass is 606 g/mol. The first-order chi connectivity index (χ1) is 21.2. The van der Waals surface area contributed by atoms with Crippen molar-refractivity contribution >= 4 is 29.7 Å². The van der Waals surface area contributed by atoms with Crippen LogP contribution in [-0.2, 0) is 25.6 Å². The number of hydrogen-bond donors (Lipinski definition) is 1. The van der Waals surface area contributed by atoms with Crippen LogP contribution in [-0.4, -0.2) is 116 Å². The fraction of sp³-hybridized carbons (Fsp3) is 0.500.